The molecule has 1 fully saturated rings. The Bertz CT molecular complexity index is 191. The number of β-amino-alcohol motifs (C(OH)–C–C–N with tert-alkyl or cyclic N) is 1. The summed E-state index contributed by atoms with van der Waals surface area (Å²) in [5.74, 6) is 0.843. The number of likely N-dealkylation sites (tertiary alicyclic amines) is 1. The minimum absolute atomic E-state index is 0.0564. The quantitative estimate of drug-likeness (QED) is 0.651. The summed E-state index contributed by atoms with van der Waals surface area (Å²) >= 11 is 0. The van der Waals surface area contributed by atoms with E-state index in [1.807, 2.05) is 0 Å². The molecule has 0 spiro atoms. The highest BCUT2D eigenvalue weighted by atomic mass is 16.3. The molecule has 2 rings (SSSR count). The number of allylic oxidation sites excluding steroid dienone is 2. The van der Waals surface area contributed by atoms with Crippen molar-refractivity contribution in [1.82, 2.24) is 4.90 Å². The molecule has 0 aromatic carbocycles. The fraction of sp³-hybridized carbons (Fsp3) is 0.818. The van der Waals surface area contributed by atoms with Crippen molar-refractivity contribution in [3.8, 4) is 0 Å². The largest absolute Gasteiger partial charge is 0.392 e. The monoisotopic (exact) mass is 181 g/mol. The van der Waals surface area contributed by atoms with E-state index in [1.165, 1.54) is 25.8 Å². The molecule has 74 valence electrons. The van der Waals surface area contributed by atoms with Gasteiger partial charge in [-0.2, -0.15) is 0 Å². The first kappa shape index (κ1) is 9.22. The van der Waals surface area contributed by atoms with Crippen LogP contribution >= 0.6 is 0 Å². The van der Waals surface area contributed by atoms with Crippen LogP contribution in [-0.2, 0) is 0 Å². The van der Waals surface area contributed by atoms with E-state index >= 15 is 0 Å². The number of hydrogen-bond acceptors (Lipinski definition) is 2. The van der Waals surface area contributed by atoms with Crippen LogP contribution in [0.3, 0.4) is 0 Å². The van der Waals surface area contributed by atoms with Crippen LogP contribution in [0.5, 0.6) is 0 Å². The number of hydrogen-bond donors (Lipinski definition) is 1. The zero-order valence-corrected chi connectivity index (χ0v) is 8.15. The molecule has 1 saturated heterocycles. The van der Waals surface area contributed by atoms with E-state index in [2.05, 4.69) is 17.1 Å². The van der Waals surface area contributed by atoms with Crippen molar-refractivity contribution in [3.05, 3.63) is 12.2 Å². The van der Waals surface area contributed by atoms with Gasteiger partial charge in [0.15, 0.2) is 0 Å². The third kappa shape index (κ3) is 2.55. The molecule has 2 aliphatic rings. The normalized spacial score (nSPS) is 35.5. The Labute approximate surface area is 80.2 Å². The molecule has 1 aliphatic heterocycles. The third-order valence-electron chi connectivity index (χ3n) is 3.14. The maximum Gasteiger partial charge on any atom is 0.0679 e. The number of aliphatic hydroxyl groups excluding tert-OH is 1. The molecule has 0 bridgehead atoms. The van der Waals surface area contributed by atoms with Crippen LogP contribution in [0.1, 0.15) is 25.7 Å². The number of nitrogens with zero attached hydrogens (tertiary/aromatic N) is 1. The molecular formula is C11H19NO. The summed E-state index contributed by atoms with van der Waals surface area (Å²) in [5, 5.41) is 9.37. The second kappa shape index (κ2) is 4.25. The highest BCUT2D eigenvalue weighted by molar-refractivity contribution is 4.91. The molecule has 0 amide bonds. The Balaban J connectivity index is 1.74. The summed E-state index contributed by atoms with van der Waals surface area (Å²) in [5.41, 5.74) is 0. The zero-order chi connectivity index (χ0) is 9.10. The molecule has 0 radical (unpaired) electrons. The molecule has 0 aromatic rings. The third-order valence-corrected chi connectivity index (χ3v) is 3.14. The van der Waals surface area contributed by atoms with Gasteiger partial charge in [0, 0.05) is 19.6 Å². The fourth-order valence-corrected chi connectivity index (χ4v) is 2.37. The van der Waals surface area contributed by atoms with E-state index in [0.717, 1.165) is 25.4 Å². The molecular weight excluding hydrogens is 162 g/mol. The molecule has 1 N–H and O–H groups in total. The van der Waals surface area contributed by atoms with Crippen molar-refractivity contribution in [2.45, 2.75) is 31.8 Å². The van der Waals surface area contributed by atoms with E-state index in [4.69, 9.17) is 0 Å². The predicted molar refractivity (Wildman–Crippen MR) is 53.5 cm³/mol. The van der Waals surface area contributed by atoms with Crippen molar-refractivity contribution >= 4 is 0 Å². The summed E-state index contributed by atoms with van der Waals surface area (Å²) in [6.45, 7) is 3.20. The summed E-state index contributed by atoms with van der Waals surface area (Å²) < 4.78 is 0. The Kier molecular flexibility index (Phi) is 3.01. The molecule has 2 nitrogen and oxygen atoms in total. The average Bonchev–Trinajstić information content (AvgIpc) is 2.53. The molecule has 13 heavy (non-hydrogen) atoms. The van der Waals surface area contributed by atoms with Gasteiger partial charge in [-0.1, -0.05) is 12.2 Å². The van der Waals surface area contributed by atoms with E-state index < -0.39 is 0 Å². The molecule has 1 heterocycles. The zero-order valence-electron chi connectivity index (χ0n) is 8.15. The van der Waals surface area contributed by atoms with Crippen molar-refractivity contribution in [1.29, 1.82) is 0 Å². The standard InChI is InChI=1S/C11H19NO/c13-11-6-7-12(9-11)8-10-4-2-1-3-5-10/h1-2,10-11,13H,3-9H2/t10?,11-/m1/s1. The number of aliphatic hydroxyl groups is 1. The Hall–Kier alpha value is -0.340. The van der Waals surface area contributed by atoms with Gasteiger partial charge in [0.05, 0.1) is 6.10 Å². The van der Waals surface area contributed by atoms with Crippen LogP contribution in [-0.4, -0.2) is 35.7 Å². The second-order valence-electron chi connectivity index (χ2n) is 4.35. The van der Waals surface area contributed by atoms with Gasteiger partial charge in [0.2, 0.25) is 0 Å². The topological polar surface area (TPSA) is 23.5 Å². The molecule has 0 aromatic heterocycles. The first-order valence-corrected chi connectivity index (χ1v) is 5.40. The lowest BCUT2D eigenvalue weighted by atomic mass is 9.94. The van der Waals surface area contributed by atoms with Gasteiger partial charge < -0.3 is 10.0 Å². The van der Waals surface area contributed by atoms with Crippen LogP contribution < -0.4 is 0 Å². The minimum Gasteiger partial charge on any atom is -0.392 e. The van der Waals surface area contributed by atoms with Gasteiger partial charge >= 0.3 is 0 Å². The highest BCUT2D eigenvalue weighted by Gasteiger charge is 2.22. The Morgan fingerprint density at radius 1 is 1.31 bits per heavy atom. The van der Waals surface area contributed by atoms with Crippen molar-refractivity contribution in [3.63, 3.8) is 0 Å². The van der Waals surface area contributed by atoms with Gasteiger partial charge in [-0.3, -0.25) is 0 Å². The lowest BCUT2D eigenvalue weighted by Gasteiger charge is -2.24. The minimum atomic E-state index is -0.0564. The highest BCUT2D eigenvalue weighted by Crippen LogP contribution is 2.21. The van der Waals surface area contributed by atoms with Crippen LogP contribution in [0.4, 0.5) is 0 Å². The lowest BCUT2D eigenvalue weighted by molar-refractivity contribution is 0.168. The van der Waals surface area contributed by atoms with Crippen molar-refractivity contribution in [2.75, 3.05) is 19.6 Å². The van der Waals surface area contributed by atoms with E-state index in [0.29, 0.717) is 0 Å². The van der Waals surface area contributed by atoms with Gasteiger partial charge in [0.25, 0.3) is 0 Å². The van der Waals surface area contributed by atoms with Crippen molar-refractivity contribution < 1.29 is 5.11 Å². The van der Waals surface area contributed by atoms with Gasteiger partial charge in [-0.05, 0) is 31.6 Å². The average molecular weight is 181 g/mol. The fourth-order valence-electron chi connectivity index (χ4n) is 2.37. The SMILES string of the molecule is O[C@@H]1CCN(CC2CC=CCC2)C1. The van der Waals surface area contributed by atoms with Crippen LogP contribution in [0.15, 0.2) is 12.2 Å². The summed E-state index contributed by atoms with van der Waals surface area (Å²) in [6, 6.07) is 0. The van der Waals surface area contributed by atoms with Gasteiger partial charge in [-0.15, -0.1) is 0 Å². The van der Waals surface area contributed by atoms with E-state index in [9.17, 15) is 5.11 Å². The van der Waals surface area contributed by atoms with E-state index in [-0.39, 0.29) is 6.10 Å². The first-order valence-electron chi connectivity index (χ1n) is 5.40. The summed E-state index contributed by atoms with van der Waals surface area (Å²) in [4.78, 5) is 2.41. The molecule has 2 heteroatoms. The number of rotatable bonds is 2. The van der Waals surface area contributed by atoms with Crippen LogP contribution in [0.2, 0.25) is 0 Å². The Morgan fingerprint density at radius 3 is 2.85 bits per heavy atom. The molecule has 0 saturated carbocycles. The first-order chi connectivity index (χ1) is 6.34. The lowest BCUT2D eigenvalue weighted by Crippen LogP contribution is -2.28. The van der Waals surface area contributed by atoms with Crippen LogP contribution in [0.25, 0.3) is 0 Å². The van der Waals surface area contributed by atoms with Crippen LogP contribution in [0, 0.1) is 5.92 Å². The van der Waals surface area contributed by atoms with Crippen molar-refractivity contribution in [2.24, 2.45) is 5.92 Å². The van der Waals surface area contributed by atoms with E-state index in [1.54, 1.807) is 0 Å². The summed E-state index contributed by atoms with van der Waals surface area (Å²) in [7, 11) is 0. The molecule has 1 unspecified atom stereocenters. The summed E-state index contributed by atoms with van der Waals surface area (Å²) in [6.07, 6.45) is 9.34. The second-order valence-corrected chi connectivity index (χ2v) is 4.35. The molecule has 2 atom stereocenters. The molecule has 1 aliphatic carbocycles. The van der Waals surface area contributed by atoms with Gasteiger partial charge in [0.1, 0.15) is 0 Å². The maximum absolute atomic E-state index is 9.37. The maximum atomic E-state index is 9.37. The smallest absolute Gasteiger partial charge is 0.0679 e. The Morgan fingerprint density at radius 2 is 2.23 bits per heavy atom. The van der Waals surface area contributed by atoms with Gasteiger partial charge in [-0.25, -0.2) is 0 Å². The predicted octanol–water partition coefficient (Wildman–Crippen LogP) is 1.41.